The number of nitrogens with one attached hydrogen (secondary N) is 1. The molecule has 0 aliphatic rings. The fourth-order valence-corrected chi connectivity index (χ4v) is 2.64. The molecular formula is C20H24Cl2N2O4. The maximum absolute atomic E-state index is 10.7. The zero-order chi connectivity index (χ0) is 21.3. The van der Waals surface area contributed by atoms with Crippen LogP contribution in [0.4, 0.5) is 5.69 Å². The summed E-state index contributed by atoms with van der Waals surface area (Å²) < 4.78 is 4.81. The van der Waals surface area contributed by atoms with Gasteiger partial charge in [-0.3, -0.25) is 9.59 Å². The number of nitrogens with two attached hydrogens (primary N) is 1. The number of esters is 1. The Morgan fingerprint density at radius 1 is 1.18 bits per heavy atom. The fourth-order valence-electron chi connectivity index (χ4n) is 2.18. The maximum atomic E-state index is 10.7. The van der Waals surface area contributed by atoms with Crippen LogP contribution in [-0.2, 0) is 20.9 Å². The Balaban J connectivity index is 0.000000280. The van der Waals surface area contributed by atoms with Crippen molar-refractivity contribution in [2.24, 2.45) is 5.73 Å². The SMILES string of the molecule is Cc1cccc(C)c1N[C@@H](C)C(=O)O.NCC(=O)OCc1ccc(Cl)cc1Cl. The molecule has 0 unspecified atom stereocenters. The molecule has 0 radical (unpaired) electrons. The summed E-state index contributed by atoms with van der Waals surface area (Å²) in [5.41, 5.74) is 8.83. The van der Waals surface area contributed by atoms with Gasteiger partial charge >= 0.3 is 11.9 Å². The molecule has 0 fully saturated rings. The molecule has 4 N–H and O–H groups in total. The summed E-state index contributed by atoms with van der Waals surface area (Å²) >= 11 is 11.5. The van der Waals surface area contributed by atoms with Crippen molar-refractivity contribution in [1.29, 1.82) is 0 Å². The van der Waals surface area contributed by atoms with Gasteiger partial charge in [0.2, 0.25) is 0 Å². The van der Waals surface area contributed by atoms with E-state index in [-0.39, 0.29) is 13.2 Å². The Kier molecular flexibility index (Phi) is 9.79. The average molecular weight is 427 g/mol. The minimum Gasteiger partial charge on any atom is -0.480 e. The third-order valence-corrected chi connectivity index (χ3v) is 4.37. The van der Waals surface area contributed by atoms with Crippen LogP contribution in [0, 0.1) is 13.8 Å². The van der Waals surface area contributed by atoms with E-state index in [0.717, 1.165) is 16.8 Å². The lowest BCUT2D eigenvalue weighted by Crippen LogP contribution is -2.26. The molecule has 152 valence electrons. The number of carbonyl (C=O) groups excluding carboxylic acids is 1. The maximum Gasteiger partial charge on any atom is 0.325 e. The second-order valence-corrected chi connectivity index (χ2v) is 6.92. The van der Waals surface area contributed by atoms with Crippen LogP contribution in [0.1, 0.15) is 23.6 Å². The van der Waals surface area contributed by atoms with Crippen molar-refractivity contribution in [3.05, 3.63) is 63.1 Å². The predicted octanol–water partition coefficient (Wildman–Crippen LogP) is 4.18. The van der Waals surface area contributed by atoms with Gasteiger partial charge in [-0.1, -0.05) is 47.5 Å². The number of benzene rings is 2. The van der Waals surface area contributed by atoms with Crippen LogP contribution in [0.2, 0.25) is 10.0 Å². The quantitative estimate of drug-likeness (QED) is 0.598. The highest BCUT2D eigenvalue weighted by molar-refractivity contribution is 6.35. The molecule has 0 amide bonds. The summed E-state index contributed by atoms with van der Waals surface area (Å²) in [5.74, 6) is -1.30. The molecule has 0 spiro atoms. The van der Waals surface area contributed by atoms with E-state index in [9.17, 15) is 9.59 Å². The van der Waals surface area contributed by atoms with Gasteiger partial charge in [-0.15, -0.1) is 0 Å². The number of hydrogen-bond acceptors (Lipinski definition) is 5. The lowest BCUT2D eigenvalue weighted by atomic mass is 10.1. The van der Waals surface area contributed by atoms with E-state index in [0.29, 0.717) is 15.6 Å². The van der Waals surface area contributed by atoms with Crippen LogP contribution in [0.5, 0.6) is 0 Å². The summed E-state index contributed by atoms with van der Waals surface area (Å²) in [6, 6.07) is 10.3. The molecule has 6 nitrogen and oxygen atoms in total. The van der Waals surface area contributed by atoms with Crippen molar-refractivity contribution in [3.8, 4) is 0 Å². The van der Waals surface area contributed by atoms with Gasteiger partial charge in [0, 0.05) is 21.3 Å². The van der Waals surface area contributed by atoms with Crippen molar-refractivity contribution in [2.75, 3.05) is 11.9 Å². The zero-order valence-electron chi connectivity index (χ0n) is 16.0. The van der Waals surface area contributed by atoms with Gasteiger partial charge in [0.15, 0.2) is 0 Å². The van der Waals surface area contributed by atoms with E-state index in [1.807, 2.05) is 32.0 Å². The molecule has 0 aromatic heterocycles. The lowest BCUT2D eigenvalue weighted by molar-refractivity contribution is -0.143. The van der Waals surface area contributed by atoms with Gasteiger partial charge in [0.05, 0.1) is 6.54 Å². The van der Waals surface area contributed by atoms with Crippen LogP contribution in [0.25, 0.3) is 0 Å². The largest absolute Gasteiger partial charge is 0.480 e. The highest BCUT2D eigenvalue weighted by Crippen LogP contribution is 2.21. The molecule has 0 heterocycles. The van der Waals surface area contributed by atoms with E-state index in [4.69, 9.17) is 38.8 Å². The van der Waals surface area contributed by atoms with E-state index < -0.39 is 18.0 Å². The summed E-state index contributed by atoms with van der Waals surface area (Å²) in [4.78, 5) is 21.4. The van der Waals surface area contributed by atoms with Gasteiger partial charge < -0.3 is 20.9 Å². The van der Waals surface area contributed by atoms with E-state index in [1.54, 1.807) is 25.1 Å². The van der Waals surface area contributed by atoms with E-state index in [2.05, 4.69) is 5.32 Å². The highest BCUT2D eigenvalue weighted by atomic mass is 35.5. The summed E-state index contributed by atoms with van der Waals surface area (Å²) in [6.07, 6.45) is 0. The number of anilines is 1. The number of ether oxygens (including phenoxy) is 1. The van der Waals surface area contributed by atoms with Crippen LogP contribution in [0.3, 0.4) is 0 Å². The van der Waals surface area contributed by atoms with Crippen molar-refractivity contribution in [3.63, 3.8) is 0 Å². The minimum absolute atomic E-state index is 0.117. The minimum atomic E-state index is -0.840. The first-order chi connectivity index (χ1) is 13.1. The first-order valence-corrected chi connectivity index (χ1v) is 9.26. The van der Waals surface area contributed by atoms with Gasteiger partial charge in [-0.25, -0.2) is 0 Å². The van der Waals surface area contributed by atoms with Gasteiger partial charge in [0.1, 0.15) is 12.6 Å². The first kappa shape index (κ1) is 23.8. The molecular weight excluding hydrogens is 403 g/mol. The normalized spacial score (nSPS) is 11.1. The van der Waals surface area contributed by atoms with Crippen molar-refractivity contribution in [1.82, 2.24) is 0 Å². The predicted molar refractivity (Wildman–Crippen MR) is 112 cm³/mol. The zero-order valence-corrected chi connectivity index (χ0v) is 17.5. The number of aryl methyl sites for hydroxylation is 2. The Bertz CT molecular complexity index is 808. The molecule has 0 saturated carbocycles. The van der Waals surface area contributed by atoms with Crippen LogP contribution < -0.4 is 11.1 Å². The molecule has 1 atom stereocenters. The number of halogens is 2. The average Bonchev–Trinajstić information content (AvgIpc) is 2.64. The second kappa shape index (κ2) is 11.5. The molecule has 28 heavy (non-hydrogen) atoms. The number of carboxylic acids is 1. The third kappa shape index (κ3) is 7.76. The summed E-state index contributed by atoms with van der Waals surface area (Å²) in [5, 5.41) is 12.8. The number of carbonyl (C=O) groups is 2. The Hall–Kier alpha value is -2.28. The Morgan fingerprint density at radius 3 is 2.29 bits per heavy atom. The second-order valence-electron chi connectivity index (χ2n) is 6.07. The highest BCUT2D eigenvalue weighted by Gasteiger charge is 2.12. The molecule has 2 rings (SSSR count). The molecule has 8 heteroatoms. The smallest absolute Gasteiger partial charge is 0.325 e. The summed E-state index contributed by atoms with van der Waals surface area (Å²) in [7, 11) is 0. The number of hydrogen-bond donors (Lipinski definition) is 3. The number of carboxylic acid groups (broad SMARTS) is 1. The first-order valence-electron chi connectivity index (χ1n) is 8.50. The Morgan fingerprint density at radius 2 is 1.79 bits per heavy atom. The number of aliphatic carboxylic acids is 1. The molecule has 2 aromatic carbocycles. The van der Waals surface area contributed by atoms with Gasteiger partial charge in [0.25, 0.3) is 0 Å². The van der Waals surface area contributed by atoms with Crippen LogP contribution in [-0.4, -0.2) is 29.6 Å². The van der Waals surface area contributed by atoms with E-state index >= 15 is 0 Å². The monoisotopic (exact) mass is 426 g/mol. The van der Waals surface area contributed by atoms with Gasteiger partial charge in [-0.05, 0) is 44.0 Å². The fraction of sp³-hybridized carbons (Fsp3) is 0.300. The van der Waals surface area contributed by atoms with Gasteiger partial charge in [-0.2, -0.15) is 0 Å². The van der Waals surface area contributed by atoms with Crippen molar-refractivity contribution >= 4 is 40.8 Å². The molecule has 0 bridgehead atoms. The van der Waals surface area contributed by atoms with Crippen LogP contribution in [0.15, 0.2) is 36.4 Å². The number of para-hydroxylation sites is 1. The van der Waals surface area contributed by atoms with E-state index in [1.165, 1.54) is 0 Å². The number of rotatable bonds is 6. The molecule has 0 aliphatic heterocycles. The molecule has 0 aliphatic carbocycles. The van der Waals surface area contributed by atoms with Crippen molar-refractivity contribution in [2.45, 2.75) is 33.4 Å². The van der Waals surface area contributed by atoms with Crippen LogP contribution >= 0.6 is 23.2 Å². The summed E-state index contributed by atoms with van der Waals surface area (Å²) in [6.45, 7) is 5.54. The standard InChI is InChI=1S/C11H15NO2.C9H9Cl2NO2/c1-7-5-4-6-8(2)10(7)12-9(3)11(13)14;10-7-2-1-6(8(11)3-7)5-14-9(13)4-12/h4-6,9,12H,1-3H3,(H,13,14);1-3H,4-5,12H2/t9-;/m0./s1. The van der Waals surface area contributed by atoms with Crippen molar-refractivity contribution < 1.29 is 19.4 Å². The Labute approximate surface area is 174 Å². The molecule has 0 saturated heterocycles. The topological polar surface area (TPSA) is 102 Å². The third-order valence-electron chi connectivity index (χ3n) is 3.78. The lowest BCUT2D eigenvalue weighted by Gasteiger charge is -2.15. The molecule has 2 aromatic rings.